The second-order valence-corrected chi connectivity index (χ2v) is 6.25. The van der Waals surface area contributed by atoms with Gasteiger partial charge in [0.15, 0.2) is 0 Å². The van der Waals surface area contributed by atoms with Crippen LogP contribution >= 0.6 is 23.5 Å². The van der Waals surface area contributed by atoms with Gasteiger partial charge in [0, 0.05) is 16.4 Å². The van der Waals surface area contributed by atoms with Crippen LogP contribution in [0.3, 0.4) is 0 Å². The minimum absolute atomic E-state index is 1.23. The maximum Gasteiger partial charge on any atom is 0.0105 e. The predicted octanol–water partition coefficient (Wildman–Crippen LogP) is 4.68. The largest absolute Gasteiger partial charge is 0.161 e. The van der Waals surface area contributed by atoms with Gasteiger partial charge in [0.25, 0.3) is 0 Å². The maximum atomic E-state index is 2.43. The van der Waals surface area contributed by atoms with Crippen molar-refractivity contribution in [1.29, 1.82) is 0 Å². The maximum absolute atomic E-state index is 2.43. The van der Waals surface area contributed by atoms with E-state index in [1.54, 1.807) is 0 Å². The highest BCUT2D eigenvalue weighted by Gasteiger charge is 2.03. The molecule has 0 amide bonds. The smallest absolute Gasteiger partial charge is 0.0105 e. The van der Waals surface area contributed by atoms with E-state index in [1.165, 1.54) is 47.0 Å². The van der Waals surface area contributed by atoms with E-state index in [0.717, 1.165) is 0 Å². The lowest BCUT2D eigenvalue weighted by Gasteiger charge is -2.10. The molecule has 0 aromatic heterocycles. The van der Waals surface area contributed by atoms with Crippen molar-refractivity contribution in [1.82, 2.24) is 0 Å². The van der Waals surface area contributed by atoms with Gasteiger partial charge < -0.3 is 0 Å². The average Bonchev–Trinajstić information content (AvgIpc) is 2.37. The van der Waals surface area contributed by atoms with Crippen LogP contribution in [-0.4, -0.2) is 17.3 Å². The fraction of sp³-hybridized carbons (Fsp3) is 0.429. The first-order chi connectivity index (χ1) is 7.97. The number of thioether (sulfide) groups is 2. The molecule has 1 aliphatic heterocycles. The lowest BCUT2D eigenvalue weighted by Crippen LogP contribution is -1.91. The Hall–Kier alpha value is -0.340. The van der Waals surface area contributed by atoms with Gasteiger partial charge in [0.05, 0.1) is 0 Å². The Bertz CT molecular complexity index is 330. The number of rotatable bonds is 1. The molecule has 0 radical (unpaired) electrons. The van der Waals surface area contributed by atoms with Crippen LogP contribution in [0.25, 0.3) is 4.91 Å². The van der Waals surface area contributed by atoms with Gasteiger partial charge in [0.1, 0.15) is 0 Å². The lowest BCUT2D eigenvalue weighted by atomic mass is 10.1. The van der Waals surface area contributed by atoms with Crippen LogP contribution in [0.5, 0.6) is 0 Å². The Labute approximate surface area is 107 Å². The molecule has 2 heteroatoms. The molecule has 0 saturated carbocycles. The number of benzene rings is 1. The fourth-order valence-corrected chi connectivity index (χ4v) is 3.93. The SMILES string of the molecule is C1=C(/c2ccccc2)SCCSCCCC/1. The minimum Gasteiger partial charge on any atom is -0.161 e. The normalized spacial score (nSPS) is 22.1. The minimum atomic E-state index is 1.23. The summed E-state index contributed by atoms with van der Waals surface area (Å²) >= 11 is 4.11. The third kappa shape index (κ3) is 3.91. The van der Waals surface area contributed by atoms with E-state index in [2.05, 4.69) is 48.2 Å². The lowest BCUT2D eigenvalue weighted by molar-refractivity contribution is 0.824. The van der Waals surface area contributed by atoms with E-state index < -0.39 is 0 Å². The molecule has 0 unspecified atom stereocenters. The van der Waals surface area contributed by atoms with Crippen LogP contribution in [-0.2, 0) is 0 Å². The molecule has 1 heterocycles. The zero-order valence-corrected chi connectivity index (χ0v) is 11.2. The predicted molar refractivity (Wildman–Crippen MR) is 78.1 cm³/mol. The summed E-state index contributed by atoms with van der Waals surface area (Å²) < 4.78 is 0. The van der Waals surface area contributed by atoms with E-state index >= 15 is 0 Å². The van der Waals surface area contributed by atoms with Crippen molar-refractivity contribution < 1.29 is 0 Å². The number of hydrogen-bond acceptors (Lipinski definition) is 2. The average molecular weight is 250 g/mol. The molecule has 1 aromatic rings. The number of allylic oxidation sites excluding steroid dienone is 1. The first kappa shape index (κ1) is 12.1. The zero-order chi connectivity index (χ0) is 11.1. The van der Waals surface area contributed by atoms with Gasteiger partial charge in [-0.3, -0.25) is 0 Å². The third-order valence-corrected chi connectivity index (χ3v) is 5.07. The first-order valence-electron chi connectivity index (χ1n) is 5.93. The molecule has 0 saturated heterocycles. The van der Waals surface area contributed by atoms with Crippen LogP contribution < -0.4 is 0 Å². The topological polar surface area (TPSA) is 0 Å². The molecule has 0 nitrogen and oxygen atoms in total. The molecule has 0 atom stereocenters. The Morgan fingerprint density at radius 2 is 1.75 bits per heavy atom. The van der Waals surface area contributed by atoms with Crippen LogP contribution in [0.15, 0.2) is 36.4 Å². The van der Waals surface area contributed by atoms with Gasteiger partial charge in [-0.2, -0.15) is 11.8 Å². The van der Waals surface area contributed by atoms with Gasteiger partial charge >= 0.3 is 0 Å². The van der Waals surface area contributed by atoms with Crippen molar-refractivity contribution >= 4 is 28.4 Å². The van der Waals surface area contributed by atoms with E-state index in [-0.39, 0.29) is 0 Å². The molecule has 16 heavy (non-hydrogen) atoms. The standard InChI is InChI=1S/C14H18S2/c1-3-7-13(8-4-1)14-9-5-2-6-10-15-11-12-16-14/h1,3-4,7-9H,2,5-6,10-12H2/b14-9-. The second kappa shape index (κ2) is 7.08. The molecule has 0 N–H and O–H groups in total. The molecular weight excluding hydrogens is 232 g/mol. The highest BCUT2D eigenvalue weighted by Crippen LogP contribution is 2.29. The quantitative estimate of drug-likeness (QED) is 0.710. The Kier molecular flexibility index (Phi) is 5.36. The van der Waals surface area contributed by atoms with Gasteiger partial charge in [-0.1, -0.05) is 36.4 Å². The van der Waals surface area contributed by atoms with Gasteiger partial charge in [-0.25, -0.2) is 0 Å². The first-order valence-corrected chi connectivity index (χ1v) is 8.07. The van der Waals surface area contributed by atoms with Crippen molar-refractivity contribution in [2.45, 2.75) is 19.3 Å². The van der Waals surface area contributed by atoms with Crippen molar-refractivity contribution in [2.75, 3.05) is 17.3 Å². The monoisotopic (exact) mass is 250 g/mol. The molecular formula is C14H18S2. The van der Waals surface area contributed by atoms with E-state index in [0.29, 0.717) is 0 Å². The Morgan fingerprint density at radius 1 is 0.875 bits per heavy atom. The van der Waals surface area contributed by atoms with E-state index in [9.17, 15) is 0 Å². The highest BCUT2D eigenvalue weighted by atomic mass is 32.2. The number of hydrogen-bond donors (Lipinski definition) is 0. The summed E-state index contributed by atoms with van der Waals surface area (Å²) in [7, 11) is 0. The molecule has 0 aliphatic carbocycles. The molecule has 0 fully saturated rings. The Balaban J connectivity index is 2.07. The van der Waals surface area contributed by atoms with Gasteiger partial charge in [0.2, 0.25) is 0 Å². The summed E-state index contributed by atoms with van der Waals surface area (Å²) in [6, 6.07) is 10.8. The summed E-state index contributed by atoms with van der Waals surface area (Å²) in [5.74, 6) is 3.87. The fourth-order valence-electron chi connectivity index (χ4n) is 1.76. The zero-order valence-electron chi connectivity index (χ0n) is 9.52. The van der Waals surface area contributed by atoms with Crippen LogP contribution in [0.1, 0.15) is 24.8 Å². The highest BCUT2D eigenvalue weighted by molar-refractivity contribution is 8.09. The Morgan fingerprint density at radius 3 is 2.62 bits per heavy atom. The second-order valence-electron chi connectivity index (χ2n) is 3.89. The van der Waals surface area contributed by atoms with Gasteiger partial charge in [-0.15, -0.1) is 11.8 Å². The summed E-state index contributed by atoms with van der Waals surface area (Å²) in [5, 5.41) is 0. The third-order valence-electron chi connectivity index (χ3n) is 2.62. The van der Waals surface area contributed by atoms with Crippen molar-refractivity contribution in [3.8, 4) is 0 Å². The van der Waals surface area contributed by atoms with E-state index in [4.69, 9.17) is 0 Å². The summed E-state index contributed by atoms with van der Waals surface area (Å²) in [6.07, 6.45) is 6.37. The molecule has 1 aliphatic rings. The molecule has 2 rings (SSSR count). The van der Waals surface area contributed by atoms with E-state index in [1.807, 2.05) is 11.8 Å². The van der Waals surface area contributed by atoms with Crippen LogP contribution in [0.4, 0.5) is 0 Å². The summed E-state index contributed by atoms with van der Waals surface area (Å²) in [4.78, 5) is 1.48. The molecule has 0 bridgehead atoms. The molecule has 86 valence electrons. The van der Waals surface area contributed by atoms with Crippen molar-refractivity contribution in [2.24, 2.45) is 0 Å². The van der Waals surface area contributed by atoms with Gasteiger partial charge in [-0.05, 0) is 30.6 Å². The van der Waals surface area contributed by atoms with Crippen LogP contribution in [0, 0.1) is 0 Å². The van der Waals surface area contributed by atoms with Crippen molar-refractivity contribution in [3.05, 3.63) is 42.0 Å². The summed E-state index contributed by atoms with van der Waals surface area (Å²) in [5.41, 5.74) is 1.39. The van der Waals surface area contributed by atoms with Crippen molar-refractivity contribution in [3.63, 3.8) is 0 Å². The van der Waals surface area contributed by atoms with Crippen LogP contribution in [0.2, 0.25) is 0 Å². The summed E-state index contributed by atoms with van der Waals surface area (Å²) in [6.45, 7) is 0. The molecule has 1 aromatic carbocycles. The molecule has 0 spiro atoms.